The molecule has 2 N–H and O–H groups in total. The van der Waals surface area contributed by atoms with Crippen molar-refractivity contribution in [1.29, 1.82) is 0 Å². The SMILES string of the molecule is CCOC(=O)CCCCn1cc(C=C2CC(SC(C)=O)CCN2)nn1.O=C(O)C(F)(F)F. The largest absolute Gasteiger partial charge is 0.490 e. The zero-order chi connectivity index (χ0) is 24.1. The number of allylic oxidation sites excluding steroid dienone is 1. The molecular formula is C19H27F3N4O5S. The number of nitrogens with one attached hydrogen (secondary N) is 1. The van der Waals surface area contributed by atoms with Gasteiger partial charge in [-0.25, -0.2) is 4.79 Å². The highest BCUT2D eigenvalue weighted by molar-refractivity contribution is 8.14. The number of aryl methyl sites for hydroxylation is 1. The van der Waals surface area contributed by atoms with E-state index in [1.807, 2.05) is 19.2 Å². The van der Waals surface area contributed by atoms with E-state index in [4.69, 9.17) is 14.6 Å². The van der Waals surface area contributed by atoms with E-state index in [-0.39, 0.29) is 11.1 Å². The van der Waals surface area contributed by atoms with Gasteiger partial charge in [-0.1, -0.05) is 17.0 Å². The first-order valence-corrected chi connectivity index (χ1v) is 10.9. The second-order valence-corrected chi connectivity index (χ2v) is 8.27. The van der Waals surface area contributed by atoms with Gasteiger partial charge in [0.1, 0.15) is 5.69 Å². The van der Waals surface area contributed by atoms with Crippen molar-refractivity contribution < 1.29 is 37.4 Å². The lowest BCUT2D eigenvalue weighted by Crippen LogP contribution is -2.28. The number of halogens is 3. The average Bonchev–Trinajstić information content (AvgIpc) is 3.12. The summed E-state index contributed by atoms with van der Waals surface area (Å²) in [5.74, 6) is -2.90. The van der Waals surface area contributed by atoms with Crippen molar-refractivity contribution in [2.45, 2.75) is 63.9 Å². The second-order valence-electron chi connectivity index (χ2n) is 6.79. The van der Waals surface area contributed by atoms with Crippen LogP contribution >= 0.6 is 11.8 Å². The van der Waals surface area contributed by atoms with Gasteiger partial charge >= 0.3 is 18.1 Å². The van der Waals surface area contributed by atoms with Gasteiger partial charge in [-0.2, -0.15) is 13.2 Å². The van der Waals surface area contributed by atoms with Crippen LogP contribution in [0.2, 0.25) is 0 Å². The van der Waals surface area contributed by atoms with Gasteiger partial charge in [0.05, 0.1) is 12.8 Å². The molecule has 1 saturated heterocycles. The fourth-order valence-corrected chi connectivity index (χ4v) is 3.67. The van der Waals surface area contributed by atoms with Gasteiger partial charge in [-0.05, 0) is 38.7 Å². The first-order valence-electron chi connectivity index (χ1n) is 9.98. The van der Waals surface area contributed by atoms with E-state index >= 15 is 0 Å². The van der Waals surface area contributed by atoms with Gasteiger partial charge in [0.25, 0.3) is 0 Å². The molecule has 1 aliphatic rings. The Labute approximate surface area is 187 Å². The van der Waals surface area contributed by atoms with Crippen LogP contribution < -0.4 is 5.32 Å². The number of nitrogens with zero attached hydrogens (tertiary/aromatic N) is 3. The number of alkyl halides is 3. The second kappa shape index (κ2) is 13.8. The molecular weight excluding hydrogens is 453 g/mol. The molecule has 2 heterocycles. The number of carboxylic acids is 1. The standard InChI is InChI=1S/C17H26N4O3S.C2HF3O2/c1-3-24-17(23)6-4-5-9-21-12-15(19-20-21)10-14-11-16(7-8-18-14)25-13(2)22;3-2(4,5)1(6)7/h10,12,16,18H,3-9,11H2,1-2H3;(H,6,7). The number of carbonyl (C=O) groups is 3. The molecule has 1 aliphatic heterocycles. The molecule has 32 heavy (non-hydrogen) atoms. The highest BCUT2D eigenvalue weighted by atomic mass is 32.2. The molecule has 0 saturated carbocycles. The third kappa shape index (κ3) is 11.7. The van der Waals surface area contributed by atoms with Crippen molar-refractivity contribution in [2.24, 2.45) is 0 Å². The first-order chi connectivity index (χ1) is 15.0. The number of hydrogen-bond donors (Lipinski definition) is 2. The molecule has 0 bridgehead atoms. The van der Waals surface area contributed by atoms with Crippen molar-refractivity contribution in [3.05, 3.63) is 17.6 Å². The molecule has 9 nitrogen and oxygen atoms in total. The maximum atomic E-state index is 11.3. The minimum atomic E-state index is -5.08. The fraction of sp³-hybridized carbons (Fsp3) is 0.632. The lowest BCUT2D eigenvalue weighted by molar-refractivity contribution is -0.192. The summed E-state index contributed by atoms with van der Waals surface area (Å²) in [6.45, 7) is 5.46. The summed E-state index contributed by atoms with van der Waals surface area (Å²) in [4.78, 5) is 31.4. The lowest BCUT2D eigenvalue weighted by atomic mass is 10.1. The lowest BCUT2D eigenvalue weighted by Gasteiger charge is -2.24. The third-order valence-corrected chi connectivity index (χ3v) is 5.11. The predicted octanol–water partition coefficient (Wildman–Crippen LogP) is 3.02. The number of thioether (sulfide) groups is 1. The molecule has 1 atom stereocenters. The third-order valence-electron chi connectivity index (χ3n) is 4.04. The molecule has 2 rings (SSSR count). The van der Waals surface area contributed by atoms with Gasteiger partial charge < -0.3 is 15.2 Å². The van der Waals surface area contributed by atoms with E-state index in [0.29, 0.717) is 18.3 Å². The summed E-state index contributed by atoms with van der Waals surface area (Å²) in [6, 6.07) is 0. The Morgan fingerprint density at radius 2 is 2.06 bits per heavy atom. The van der Waals surface area contributed by atoms with E-state index in [9.17, 15) is 22.8 Å². The average molecular weight is 481 g/mol. The number of piperidine rings is 1. The Kier molecular flexibility index (Phi) is 11.8. The van der Waals surface area contributed by atoms with Crippen molar-refractivity contribution in [1.82, 2.24) is 20.3 Å². The molecule has 1 aromatic rings. The highest BCUT2D eigenvalue weighted by Gasteiger charge is 2.38. The number of hydrogen-bond acceptors (Lipinski definition) is 8. The monoisotopic (exact) mass is 480 g/mol. The van der Waals surface area contributed by atoms with E-state index in [1.165, 1.54) is 11.8 Å². The minimum Gasteiger partial charge on any atom is -0.475 e. The van der Waals surface area contributed by atoms with Gasteiger partial charge in [0.15, 0.2) is 5.12 Å². The van der Waals surface area contributed by atoms with Gasteiger partial charge in [-0.15, -0.1) is 5.10 Å². The molecule has 1 unspecified atom stereocenters. The molecule has 0 aliphatic carbocycles. The highest BCUT2D eigenvalue weighted by Crippen LogP contribution is 2.25. The number of ether oxygens (including phenoxy) is 1. The van der Waals surface area contributed by atoms with E-state index < -0.39 is 12.1 Å². The number of unbranched alkanes of at least 4 members (excludes halogenated alkanes) is 1. The number of aromatic nitrogens is 3. The molecule has 0 aromatic carbocycles. The van der Waals surface area contributed by atoms with Crippen LogP contribution in [0, 0.1) is 0 Å². The summed E-state index contributed by atoms with van der Waals surface area (Å²) in [6.07, 6.45) is 2.73. The smallest absolute Gasteiger partial charge is 0.475 e. The Morgan fingerprint density at radius 3 is 2.66 bits per heavy atom. The van der Waals surface area contributed by atoms with Crippen LogP contribution in [0.3, 0.4) is 0 Å². The summed E-state index contributed by atoms with van der Waals surface area (Å²) in [5.41, 5.74) is 1.90. The van der Waals surface area contributed by atoms with Crippen LogP contribution in [-0.4, -0.2) is 61.7 Å². The van der Waals surface area contributed by atoms with Crippen LogP contribution in [0.15, 0.2) is 11.9 Å². The number of esters is 1. The van der Waals surface area contributed by atoms with Crippen molar-refractivity contribution in [2.75, 3.05) is 13.2 Å². The maximum Gasteiger partial charge on any atom is 0.490 e. The van der Waals surface area contributed by atoms with Gasteiger partial charge in [0.2, 0.25) is 0 Å². The van der Waals surface area contributed by atoms with E-state index in [2.05, 4.69) is 15.6 Å². The summed E-state index contributed by atoms with van der Waals surface area (Å²) >= 11 is 1.42. The summed E-state index contributed by atoms with van der Waals surface area (Å²) in [5, 5.41) is 19.3. The summed E-state index contributed by atoms with van der Waals surface area (Å²) < 4.78 is 38.4. The Morgan fingerprint density at radius 1 is 1.38 bits per heavy atom. The van der Waals surface area contributed by atoms with Crippen LogP contribution in [0.4, 0.5) is 13.2 Å². The van der Waals surface area contributed by atoms with Crippen molar-refractivity contribution in [3.63, 3.8) is 0 Å². The van der Waals surface area contributed by atoms with Crippen LogP contribution in [0.1, 0.15) is 51.6 Å². The summed E-state index contributed by atoms with van der Waals surface area (Å²) in [7, 11) is 0. The van der Waals surface area contributed by atoms with Gasteiger partial charge in [-0.3, -0.25) is 14.3 Å². The molecule has 180 valence electrons. The predicted molar refractivity (Wildman–Crippen MR) is 111 cm³/mol. The van der Waals surface area contributed by atoms with Crippen LogP contribution in [-0.2, 0) is 25.7 Å². The Hall–Kier alpha value is -2.57. The Balaban J connectivity index is 0.000000633. The zero-order valence-electron chi connectivity index (χ0n) is 17.9. The molecule has 0 spiro atoms. The van der Waals surface area contributed by atoms with Gasteiger partial charge in [0, 0.05) is 37.4 Å². The molecule has 0 amide bonds. The van der Waals surface area contributed by atoms with Crippen molar-refractivity contribution in [3.8, 4) is 0 Å². The number of aliphatic carboxylic acids is 1. The van der Waals surface area contributed by atoms with Crippen LogP contribution in [0.5, 0.6) is 0 Å². The molecule has 1 aromatic heterocycles. The maximum absolute atomic E-state index is 11.3. The van der Waals surface area contributed by atoms with E-state index in [0.717, 1.165) is 50.2 Å². The first kappa shape index (κ1) is 27.5. The molecule has 1 fully saturated rings. The number of carbonyl (C=O) groups excluding carboxylic acids is 2. The van der Waals surface area contributed by atoms with Crippen molar-refractivity contribution >= 4 is 34.9 Å². The minimum absolute atomic E-state index is 0.145. The number of carboxylic acid groups (broad SMARTS) is 1. The quantitative estimate of drug-likeness (QED) is 0.427. The topological polar surface area (TPSA) is 123 Å². The van der Waals surface area contributed by atoms with E-state index in [1.54, 1.807) is 11.6 Å². The molecule has 0 radical (unpaired) electrons. The van der Waals surface area contributed by atoms with Crippen LogP contribution in [0.25, 0.3) is 6.08 Å². The fourth-order valence-electron chi connectivity index (χ4n) is 2.70. The Bertz CT molecular complexity index is 798. The molecule has 13 heteroatoms. The zero-order valence-corrected chi connectivity index (χ0v) is 18.7. The number of rotatable bonds is 8. The normalized spacial score (nSPS) is 17.2.